The highest BCUT2D eigenvalue weighted by Crippen LogP contribution is 2.29. The van der Waals surface area contributed by atoms with Crippen LogP contribution in [-0.4, -0.2) is 25.2 Å². The summed E-state index contributed by atoms with van der Waals surface area (Å²) < 4.78 is 2.80. The van der Waals surface area contributed by atoms with Gasteiger partial charge in [0.25, 0.3) is 5.91 Å². The van der Waals surface area contributed by atoms with E-state index in [9.17, 15) is 9.59 Å². The number of carbonyl (C=O) groups excluding carboxylic acids is 1. The topological polar surface area (TPSA) is 95.8 Å². The predicted octanol–water partition coefficient (Wildman–Crippen LogP) is 0.308. The second kappa shape index (κ2) is 4.30. The van der Waals surface area contributed by atoms with Crippen molar-refractivity contribution in [1.29, 1.82) is 0 Å². The zero-order chi connectivity index (χ0) is 13.6. The largest absolute Gasteiger partial charge is 0.365 e. The summed E-state index contributed by atoms with van der Waals surface area (Å²) in [7, 11) is 0. The molecule has 0 aliphatic heterocycles. The summed E-state index contributed by atoms with van der Waals surface area (Å²) >= 11 is 1.11. The maximum Gasteiger partial charge on any atom is 0.352 e. The molecule has 19 heavy (non-hydrogen) atoms. The van der Waals surface area contributed by atoms with Gasteiger partial charge in [0.05, 0.1) is 5.69 Å². The van der Waals surface area contributed by atoms with Crippen molar-refractivity contribution in [3.63, 3.8) is 0 Å². The van der Waals surface area contributed by atoms with Gasteiger partial charge in [-0.25, -0.2) is 19.0 Å². The first-order chi connectivity index (χ1) is 9.06. The lowest BCUT2D eigenvalue weighted by molar-refractivity contribution is 0.100. The van der Waals surface area contributed by atoms with Crippen LogP contribution in [0.4, 0.5) is 0 Å². The van der Waals surface area contributed by atoms with Gasteiger partial charge in [-0.05, 0) is 25.7 Å². The fourth-order valence-corrected chi connectivity index (χ4v) is 2.74. The molecule has 100 valence electrons. The van der Waals surface area contributed by atoms with Gasteiger partial charge in [0.15, 0.2) is 5.13 Å². The van der Waals surface area contributed by atoms with Crippen molar-refractivity contribution in [3.05, 3.63) is 27.4 Å². The first-order valence-electron chi connectivity index (χ1n) is 5.98. The standard InChI is InChI=1S/C11H13N5O2S/c1-6-8(9(12)17)19-10(14-6)15-5-13-16(11(15)18)4-7-2-3-7/h5,7H,2-4H2,1H3,(H2,12,17). The maximum atomic E-state index is 12.1. The Balaban J connectivity index is 1.97. The highest BCUT2D eigenvalue weighted by Gasteiger charge is 2.24. The number of hydrogen-bond acceptors (Lipinski definition) is 5. The van der Waals surface area contributed by atoms with E-state index in [1.165, 1.54) is 15.6 Å². The highest BCUT2D eigenvalue weighted by atomic mass is 32.1. The minimum absolute atomic E-state index is 0.225. The Labute approximate surface area is 112 Å². The Bertz CT molecular complexity index is 694. The Hall–Kier alpha value is -1.96. The van der Waals surface area contributed by atoms with Crippen molar-refractivity contribution in [2.24, 2.45) is 11.7 Å². The third-order valence-corrected chi connectivity index (χ3v) is 4.25. The van der Waals surface area contributed by atoms with E-state index in [1.54, 1.807) is 6.92 Å². The van der Waals surface area contributed by atoms with Crippen molar-refractivity contribution in [1.82, 2.24) is 19.3 Å². The fourth-order valence-electron chi connectivity index (χ4n) is 1.85. The van der Waals surface area contributed by atoms with E-state index in [0.29, 0.717) is 28.2 Å². The van der Waals surface area contributed by atoms with Gasteiger partial charge in [-0.3, -0.25) is 4.79 Å². The smallest absolute Gasteiger partial charge is 0.352 e. The van der Waals surface area contributed by atoms with Gasteiger partial charge in [-0.1, -0.05) is 11.3 Å². The Kier molecular flexibility index (Phi) is 2.74. The molecule has 1 aliphatic carbocycles. The molecule has 0 saturated heterocycles. The second-order valence-corrected chi connectivity index (χ2v) is 5.66. The normalized spacial score (nSPS) is 14.8. The molecule has 0 radical (unpaired) electrons. The van der Waals surface area contributed by atoms with Crippen molar-refractivity contribution < 1.29 is 4.79 Å². The Morgan fingerprint density at radius 3 is 2.89 bits per heavy atom. The molecule has 8 heteroatoms. The number of aryl methyl sites for hydroxylation is 1. The fraction of sp³-hybridized carbons (Fsp3) is 0.455. The summed E-state index contributed by atoms with van der Waals surface area (Å²) in [6, 6.07) is 0. The third kappa shape index (κ3) is 2.19. The molecule has 2 N–H and O–H groups in total. The van der Waals surface area contributed by atoms with Gasteiger partial charge in [0, 0.05) is 6.54 Å². The summed E-state index contributed by atoms with van der Waals surface area (Å²) in [6.07, 6.45) is 3.75. The van der Waals surface area contributed by atoms with Crippen molar-refractivity contribution in [3.8, 4) is 5.13 Å². The molecular weight excluding hydrogens is 266 g/mol. The number of nitrogens with two attached hydrogens (primary N) is 1. The molecule has 2 heterocycles. The number of primary amides is 1. The molecule has 0 spiro atoms. The van der Waals surface area contributed by atoms with Crippen LogP contribution in [0.15, 0.2) is 11.1 Å². The van der Waals surface area contributed by atoms with Gasteiger partial charge < -0.3 is 5.73 Å². The maximum absolute atomic E-state index is 12.1. The summed E-state index contributed by atoms with van der Waals surface area (Å²) in [5, 5.41) is 4.50. The number of carbonyl (C=O) groups is 1. The van der Waals surface area contributed by atoms with E-state index < -0.39 is 5.91 Å². The number of nitrogens with zero attached hydrogens (tertiary/aromatic N) is 4. The van der Waals surface area contributed by atoms with E-state index in [2.05, 4.69) is 10.1 Å². The molecule has 3 rings (SSSR count). The van der Waals surface area contributed by atoms with E-state index >= 15 is 0 Å². The number of thiazole rings is 1. The minimum Gasteiger partial charge on any atom is -0.365 e. The van der Waals surface area contributed by atoms with Crippen LogP contribution in [0.1, 0.15) is 28.2 Å². The van der Waals surface area contributed by atoms with E-state index in [1.807, 2.05) is 0 Å². The minimum atomic E-state index is -0.528. The van der Waals surface area contributed by atoms with Gasteiger partial charge in [0.2, 0.25) is 0 Å². The molecule has 2 aromatic heterocycles. The predicted molar refractivity (Wildman–Crippen MR) is 69.5 cm³/mol. The van der Waals surface area contributed by atoms with Gasteiger partial charge in [-0.15, -0.1) is 0 Å². The molecule has 0 unspecified atom stereocenters. The molecule has 1 aliphatic rings. The van der Waals surface area contributed by atoms with Crippen LogP contribution in [0.3, 0.4) is 0 Å². The molecule has 0 bridgehead atoms. The number of hydrogen-bond donors (Lipinski definition) is 1. The van der Waals surface area contributed by atoms with Crippen LogP contribution in [0.2, 0.25) is 0 Å². The quantitative estimate of drug-likeness (QED) is 0.871. The van der Waals surface area contributed by atoms with Crippen LogP contribution in [-0.2, 0) is 6.54 Å². The lowest BCUT2D eigenvalue weighted by Gasteiger charge is -1.95. The molecule has 2 aromatic rings. The summed E-state index contributed by atoms with van der Waals surface area (Å²) in [4.78, 5) is 27.9. The molecule has 7 nitrogen and oxygen atoms in total. The first-order valence-corrected chi connectivity index (χ1v) is 6.80. The number of amides is 1. The first kappa shape index (κ1) is 12.1. The van der Waals surface area contributed by atoms with Crippen LogP contribution >= 0.6 is 11.3 Å². The molecule has 1 fully saturated rings. The monoisotopic (exact) mass is 279 g/mol. The zero-order valence-electron chi connectivity index (χ0n) is 10.4. The van der Waals surface area contributed by atoms with Crippen LogP contribution in [0, 0.1) is 12.8 Å². The van der Waals surface area contributed by atoms with Crippen LogP contribution in [0.5, 0.6) is 0 Å². The van der Waals surface area contributed by atoms with Crippen LogP contribution < -0.4 is 11.4 Å². The van der Waals surface area contributed by atoms with Crippen molar-refractivity contribution in [2.75, 3.05) is 0 Å². The average molecular weight is 279 g/mol. The molecule has 0 atom stereocenters. The van der Waals surface area contributed by atoms with Crippen molar-refractivity contribution >= 4 is 17.2 Å². The van der Waals surface area contributed by atoms with Crippen LogP contribution in [0.25, 0.3) is 5.13 Å². The Morgan fingerprint density at radius 1 is 1.58 bits per heavy atom. The molecule has 1 saturated carbocycles. The summed E-state index contributed by atoms with van der Waals surface area (Å²) in [5.41, 5.74) is 5.56. The molecule has 0 aromatic carbocycles. The van der Waals surface area contributed by atoms with E-state index in [0.717, 1.165) is 24.2 Å². The third-order valence-electron chi connectivity index (χ3n) is 3.08. The van der Waals surface area contributed by atoms with Crippen molar-refractivity contribution in [2.45, 2.75) is 26.3 Å². The SMILES string of the molecule is Cc1nc(-n2cnn(CC3CC3)c2=O)sc1C(N)=O. The average Bonchev–Trinajstić information content (AvgIpc) is 2.98. The Morgan fingerprint density at radius 2 is 2.32 bits per heavy atom. The van der Waals surface area contributed by atoms with E-state index in [4.69, 9.17) is 5.73 Å². The van der Waals surface area contributed by atoms with Gasteiger partial charge in [0.1, 0.15) is 11.2 Å². The van der Waals surface area contributed by atoms with Gasteiger partial charge >= 0.3 is 5.69 Å². The molecule has 1 amide bonds. The highest BCUT2D eigenvalue weighted by molar-refractivity contribution is 7.16. The second-order valence-electron chi connectivity index (χ2n) is 4.68. The van der Waals surface area contributed by atoms with Gasteiger partial charge in [-0.2, -0.15) is 5.10 Å². The number of aromatic nitrogens is 4. The number of rotatable bonds is 4. The summed E-state index contributed by atoms with van der Waals surface area (Å²) in [6.45, 7) is 2.35. The van der Waals surface area contributed by atoms with E-state index in [-0.39, 0.29) is 5.69 Å². The lowest BCUT2D eigenvalue weighted by atomic mass is 10.4. The molecular formula is C11H13N5O2S. The lowest BCUT2D eigenvalue weighted by Crippen LogP contribution is -2.24. The summed E-state index contributed by atoms with van der Waals surface area (Å²) in [5.74, 6) is 0.0416. The zero-order valence-corrected chi connectivity index (χ0v) is 11.2.